The highest BCUT2D eigenvalue weighted by molar-refractivity contribution is 7.80. The van der Waals surface area contributed by atoms with Crippen LogP contribution in [0.25, 0.3) is 0 Å². The highest BCUT2D eigenvalue weighted by Crippen LogP contribution is 2.10. The predicted molar refractivity (Wildman–Crippen MR) is 54.6 cm³/mol. The summed E-state index contributed by atoms with van der Waals surface area (Å²) in [4.78, 5) is 3.74. The largest absolute Gasteiger partial charge is 0.243 e. The topological polar surface area (TPSA) is 12.9 Å². The lowest BCUT2D eigenvalue weighted by atomic mass is 10.3. The molecule has 0 aliphatic carbocycles. The first-order valence-electron chi connectivity index (χ1n) is 3.65. The molecule has 0 amide bonds. The molecule has 1 heterocycles. The zero-order chi connectivity index (χ0) is 9.68. The number of hydrogen-bond donors (Lipinski definition) is 1. The van der Waals surface area contributed by atoms with Gasteiger partial charge in [-0.15, -0.1) is 0 Å². The minimum absolute atomic E-state index is 0.131. The van der Waals surface area contributed by atoms with Crippen molar-refractivity contribution in [2.45, 2.75) is 6.42 Å². The van der Waals surface area contributed by atoms with Crippen LogP contribution < -0.4 is 0 Å². The molecule has 68 valence electrons. The molecule has 1 aromatic rings. The van der Waals surface area contributed by atoms with Crippen LogP contribution in [0.5, 0.6) is 0 Å². The number of pyridine rings is 1. The molecule has 0 aliphatic rings. The van der Waals surface area contributed by atoms with Crippen LogP contribution in [0.2, 0.25) is 5.02 Å². The molecular formula is C9H7ClFNS. The third-order valence-electron chi connectivity index (χ3n) is 1.25. The maximum absolute atomic E-state index is 13.0. The van der Waals surface area contributed by atoms with Crippen LogP contribution in [0, 0.1) is 17.7 Å². The zero-order valence-electron chi connectivity index (χ0n) is 6.72. The lowest BCUT2D eigenvalue weighted by Gasteiger charge is -1.92. The summed E-state index contributed by atoms with van der Waals surface area (Å²) >= 11 is 9.49. The molecule has 0 aromatic carbocycles. The van der Waals surface area contributed by atoms with Crippen molar-refractivity contribution >= 4 is 24.2 Å². The minimum Gasteiger partial charge on any atom is -0.243 e. The molecule has 0 atom stereocenters. The Kier molecular flexibility index (Phi) is 4.07. The molecule has 1 rings (SSSR count). The van der Waals surface area contributed by atoms with E-state index < -0.39 is 5.82 Å². The molecule has 0 bridgehead atoms. The van der Waals surface area contributed by atoms with Crippen molar-refractivity contribution in [2.75, 3.05) is 5.75 Å². The van der Waals surface area contributed by atoms with Crippen LogP contribution in [-0.2, 0) is 0 Å². The molecule has 0 spiro atoms. The Bertz CT molecular complexity index is 356. The van der Waals surface area contributed by atoms with Gasteiger partial charge in [0.15, 0.2) is 5.82 Å². The Labute approximate surface area is 86.7 Å². The monoisotopic (exact) mass is 215 g/mol. The van der Waals surface area contributed by atoms with Gasteiger partial charge >= 0.3 is 0 Å². The first-order valence-corrected chi connectivity index (χ1v) is 4.66. The molecule has 0 N–H and O–H groups in total. The van der Waals surface area contributed by atoms with Crippen molar-refractivity contribution in [3.05, 3.63) is 28.8 Å². The number of rotatable bonds is 1. The summed E-state index contributed by atoms with van der Waals surface area (Å²) in [6.07, 6.45) is 1.99. The minimum atomic E-state index is -0.487. The first-order chi connectivity index (χ1) is 6.24. The van der Waals surface area contributed by atoms with E-state index in [4.69, 9.17) is 11.6 Å². The molecule has 4 heteroatoms. The van der Waals surface area contributed by atoms with Crippen molar-refractivity contribution in [3.8, 4) is 11.8 Å². The molecule has 0 saturated heterocycles. The Morgan fingerprint density at radius 1 is 1.62 bits per heavy atom. The van der Waals surface area contributed by atoms with Crippen molar-refractivity contribution in [1.82, 2.24) is 4.98 Å². The highest BCUT2D eigenvalue weighted by Gasteiger charge is 2.00. The standard InChI is InChI=1S/C9H7ClFNS/c10-7-5-8(11)9(12-6-7)3-1-2-4-13/h5-6,13H,2,4H2. The van der Waals surface area contributed by atoms with Gasteiger partial charge in [-0.2, -0.15) is 12.6 Å². The van der Waals surface area contributed by atoms with Crippen molar-refractivity contribution < 1.29 is 4.39 Å². The molecule has 1 aromatic heterocycles. The van der Waals surface area contributed by atoms with Crippen LogP contribution in [0.15, 0.2) is 12.3 Å². The molecule has 1 nitrogen and oxygen atoms in total. The second kappa shape index (κ2) is 5.11. The predicted octanol–water partition coefficient (Wildman–Crippen LogP) is 2.55. The molecule has 13 heavy (non-hydrogen) atoms. The number of nitrogens with zero attached hydrogens (tertiary/aromatic N) is 1. The molecule has 0 saturated carbocycles. The first kappa shape index (κ1) is 10.4. The zero-order valence-corrected chi connectivity index (χ0v) is 8.37. The average Bonchev–Trinajstić information content (AvgIpc) is 2.09. The average molecular weight is 216 g/mol. The second-order valence-electron chi connectivity index (χ2n) is 2.26. The summed E-state index contributed by atoms with van der Waals surface area (Å²) in [6.45, 7) is 0. The maximum Gasteiger partial charge on any atom is 0.158 e. The number of thiol groups is 1. The van der Waals surface area contributed by atoms with Crippen LogP contribution in [-0.4, -0.2) is 10.7 Å². The Balaban J connectivity index is 2.85. The van der Waals surface area contributed by atoms with Gasteiger partial charge in [0.1, 0.15) is 5.69 Å². The van der Waals surface area contributed by atoms with Crippen LogP contribution in [0.4, 0.5) is 4.39 Å². The number of halogens is 2. The summed E-state index contributed by atoms with van der Waals surface area (Å²) in [5.74, 6) is 5.51. The third-order valence-corrected chi connectivity index (χ3v) is 1.68. The second-order valence-corrected chi connectivity index (χ2v) is 3.14. The van der Waals surface area contributed by atoms with Crippen LogP contribution in [0.3, 0.4) is 0 Å². The van der Waals surface area contributed by atoms with E-state index in [2.05, 4.69) is 29.5 Å². The van der Waals surface area contributed by atoms with Gasteiger partial charge in [0.2, 0.25) is 0 Å². The highest BCUT2D eigenvalue weighted by atomic mass is 35.5. The van der Waals surface area contributed by atoms with E-state index >= 15 is 0 Å². The van der Waals surface area contributed by atoms with Crippen molar-refractivity contribution in [1.29, 1.82) is 0 Å². The van der Waals surface area contributed by atoms with Gasteiger partial charge in [-0.1, -0.05) is 17.5 Å². The van der Waals surface area contributed by atoms with E-state index in [0.29, 0.717) is 12.2 Å². The third kappa shape index (κ3) is 3.25. The number of hydrogen-bond acceptors (Lipinski definition) is 2. The molecule has 0 unspecified atom stereocenters. The summed E-state index contributed by atoms with van der Waals surface area (Å²) in [5, 5.41) is 0.275. The SMILES string of the molecule is Fc1cc(Cl)cnc1C#CCCS. The van der Waals surface area contributed by atoms with Gasteiger partial charge in [0.05, 0.1) is 5.02 Å². The van der Waals surface area contributed by atoms with E-state index in [1.807, 2.05) is 0 Å². The maximum atomic E-state index is 13.0. The van der Waals surface area contributed by atoms with Gasteiger partial charge < -0.3 is 0 Å². The fraction of sp³-hybridized carbons (Fsp3) is 0.222. The molecule has 0 fully saturated rings. The lowest BCUT2D eigenvalue weighted by molar-refractivity contribution is 0.617. The summed E-state index contributed by atoms with van der Waals surface area (Å²) in [6, 6.07) is 1.19. The lowest BCUT2D eigenvalue weighted by Crippen LogP contribution is -1.88. The summed E-state index contributed by atoms with van der Waals surface area (Å²) < 4.78 is 13.0. The van der Waals surface area contributed by atoms with E-state index in [-0.39, 0.29) is 10.7 Å². The van der Waals surface area contributed by atoms with Gasteiger partial charge in [-0.25, -0.2) is 9.37 Å². The Morgan fingerprint density at radius 3 is 3.00 bits per heavy atom. The summed E-state index contributed by atoms with van der Waals surface area (Å²) in [7, 11) is 0. The smallest absolute Gasteiger partial charge is 0.158 e. The fourth-order valence-electron chi connectivity index (χ4n) is 0.709. The normalized spacial score (nSPS) is 9.15. The van der Waals surface area contributed by atoms with Gasteiger partial charge in [-0.05, 0) is 12.0 Å². The van der Waals surface area contributed by atoms with Crippen LogP contribution in [0.1, 0.15) is 12.1 Å². The molecular weight excluding hydrogens is 209 g/mol. The van der Waals surface area contributed by atoms with E-state index in [1.54, 1.807) is 0 Å². The van der Waals surface area contributed by atoms with Gasteiger partial charge in [0.25, 0.3) is 0 Å². The van der Waals surface area contributed by atoms with Crippen LogP contribution >= 0.6 is 24.2 Å². The molecule has 0 aliphatic heterocycles. The fourth-order valence-corrected chi connectivity index (χ4v) is 0.965. The van der Waals surface area contributed by atoms with E-state index in [9.17, 15) is 4.39 Å². The Morgan fingerprint density at radius 2 is 2.38 bits per heavy atom. The number of aromatic nitrogens is 1. The Hall–Kier alpha value is -0.720. The van der Waals surface area contributed by atoms with E-state index in [0.717, 1.165) is 0 Å². The molecule has 0 radical (unpaired) electrons. The van der Waals surface area contributed by atoms with E-state index in [1.165, 1.54) is 12.3 Å². The summed E-state index contributed by atoms with van der Waals surface area (Å²) in [5.41, 5.74) is 0.131. The van der Waals surface area contributed by atoms with Crippen molar-refractivity contribution in [2.24, 2.45) is 0 Å². The quantitative estimate of drug-likeness (QED) is 0.561. The van der Waals surface area contributed by atoms with Gasteiger partial charge in [-0.3, -0.25) is 0 Å². The van der Waals surface area contributed by atoms with Gasteiger partial charge in [0, 0.05) is 18.4 Å². The van der Waals surface area contributed by atoms with Crippen molar-refractivity contribution in [3.63, 3.8) is 0 Å².